The van der Waals surface area contributed by atoms with E-state index in [0.29, 0.717) is 13.2 Å². The lowest BCUT2D eigenvalue weighted by molar-refractivity contribution is 0.0239. The largest absolute Gasteiger partial charge is 0.491 e. The first-order chi connectivity index (χ1) is 10.1. The molecule has 0 radical (unpaired) electrons. The minimum absolute atomic E-state index is 0.279. The zero-order chi connectivity index (χ0) is 15.1. The van der Waals surface area contributed by atoms with E-state index in [2.05, 4.69) is 6.07 Å². The minimum Gasteiger partial charge on any atom is -0.491 e. The second kappa shape index (κ2) is 7.81. The van der Waals surface area contributed by atoms with Crippen molar-refractivity contribution < 1.29 is 14.6 Å². The average Bonchev–Trinajstić information content (AvgIpc) is 2.47. The highest BCUT2D eigenvalue weighted by Gasteiger charge is 2.08. The summed E-state index contributed by atoms with van der Waals surface area (Å²) in [6, 6.07) is 15.7. The summed E-state index contributed by atoms with van der Waals surface area (Å²) in [5, 5.41) is 10.1. The van der Waals surface area contributed by atoms with Gasteiger partial charge in [0.2, 0.25) is 0 Å². The molecule has 0 heterocycles. The van der Waals surface area contributed by atoms with Crippen molar-refractivity contribution in [3.63, 3.8) is 0 Å². The van der Waals surface area contributed by atoms with Crippen molar-refractivity contribution in [2.75, 3.05) is 19.8 Å². The summed E-state index contributed by atoms with van der Waals surface area (Å²) in [6.45, 7) is 5.26. The Morgan fingerprint density at radius 2 is 1.62 bits per heavy atom. The first-order valence-electron chi connectivity index (χ1n) is 7.17. The highest BCUT2D eigenvalue weighted by molar-refractivity contribution is 5.29. The third-order valence-corrected chi connectivity index (χ3v) is 3.14. The van der Waals surface area contributed by atoms with Gasteiger partial charge in [0.15, 0.2) is 0 Å². The molecular weight excluding hydrogens is 264 g/mol. The summed E-state index contributed by atoms with van der Waals surface area (Å²) in [5.41, 5.74) is 3.20. The monoisotopic (exact) mass is 286 g/mol. The lowest BCUT2D eigenvalue weighted by atomic mass is 10.0. The smallest absolute Gasteiger partial charge is 0.119 e. The number of aliphatic hydroxyl groups excluding tert-OH is 1. The summed E-state index contributed by atoms with van der Waals surface area (Å²) >= 11 is 0. The first-order valence-corrected chi connectivity index (χ1v) is 7.17. The summed E-state index contributed by atoms with van der Waals surface area (Å²) in [7, 11) is 0. The van der Waals surface area contributed by atoms with E-state index in [0.717, 1.165) is 22.4 Å². The molecular formula is C18H22O3. The molecule has 0 aliphatic heterocycles. The Morgan fingerprint density at radius 3 is 2.29 bits per heavy atom. The zero-order valence-corrected chi connectivity index (χ0v) is 12.6. The van der Waals surface area contributed by atoms with Gasteiger partial charge in [-0.25, -0.2) is 0 Å². The minimum atomic E-state index is -0.597. The van der Waals surface area contributed by atoms with Crippen LogP contribution in [0.2, 0.25) is 0 Å². The van der Waals surface area contributed by atoms with Gasteiger partial charge < -0.3 is 14.6 Å². The molecule has 0 saturated heterocycles. The van der Waals surface area contributed by atoms with E-state index in [1.54, 1.807) is 0 Å². The zero-order valence-electron chi connectivity index (χ0n) is 12.6. The number of benzene rings is 2. The van der Waals surface area contributed by atoms with Crippen molar-refractivity contribution in [2.24, 2.45) is 0 Å². The molecule has 2 aromatic rings. The molecule has 2 rings (SSSR count). The molecule has 0 aliphatic carbocycles. The highest BCUT2D eigenvalue weighted by Crippen LogP contribution is 2.17. The van der Waals surface area contributed by atoms with Crippen molar-refractivity contribution in [1.82, 2.24) is 0 Å². The van der Waals surface area contributed by atoms with Crippen molar-refractivity contribution in [3.05, 3.63) is 65.2 Å². The maximum atomic E-state index is 10.1. The quantitative estimate of drug-likeness (QED) is 0.793. The van der Waals surface area contributed by atoms with Gasteiger partial charge in [0.1, 0.15) is 18.5 Å². The molecule has 3 heteroatoms. The van der Waals surface area contributed by atoms with E-state index in [1.165, 1.54) is 0 Å². The van der Waals surface area contributed by atoms with Gasteiger partial charge in [-0.3, -0.25) is 0 Å². The number of hydrogen-bond donors (Lipinski definition) is 1. The van der Waals surface area contributed by atoms with Gasteiger partial charge >= 0.3 is 0 Å². The van der Waals surface area contributed by atoms with E-state index in [-0.39, 0.29) is 6.61 Å². The molecule has 0 aromatic heterocycles. The Labute approximate surface area is 126 Å². The van der Waals surface area contributed by atoms with Crippen LogP contribution in [-0.2, 0) is 4.74 Å². The van der Waals surface area contributed by atoms with Crippen molar-refractivity contribution in [1.29, 1.82) is 0 Å². The molecule has 0 saturated carbocycles. The van der Waals surface area contributed by atoms with E-state index < -0.39 is 6.10 Å². The molecule has 3 nitrogen and oxygen atoms in total. The molecule has 0 spiro atoms. The number of rotatable bonds is 7. The van der Waals surface area contributed by atoms with Gasteiger partial charge in [-0.05, 0) is 31.5 Å². The SMILES string of the molecule is Cc1cc(C)cc(C(O)COCCOc2ccccc2)c1. The van der Waals surface area contributed by atoms with Crippen molar-refractivity contribution >= 4 is 0 Å². The van der Waals surface area contributed by atoms with Crippen LogP contribution < -0.4 is 4.74 Å². The number of hydrogen-bond acceptors (Lipinski definition) is 3. The summed E-state index contributed by atoms with van der Waals surface area (Å²) in [6.07, 6.45) is -0.597. The fraction of sp³-hybridized carbons (Fsp3) is 0.333. The van der Waals surface area contributed by atoms with E-state index in [1.807, 2.05) is 56.3 Å². The second-order valence-corrected chi connectivity index (χ2v) is 5.17. The molecule has 1 unspecified atom stereocenters. The molecule has 0 aliphatic rings. The molecule has 1 atom stereocenters. The standard InChI is InChI=1S/C18H22O3/c1-14-10-15(2)12-16(11-14)18(19)13-20-8-9-21-17-6-4-3-5-7-17/h3-7,10-12,18-19H,8-9,13H2,1-2H3. The predicted molar refractivity (Wildman–Crippen MR) is 83.6 cm³/mol. The summed E-state index contributed by atoms with van der Waals surface area (Å²) < 4.78 is 11.0. The van der Waals surface area contributed by atoms with Gasteiger partial charge in [0, 0.05) is 0 Å². The topological polar surface area (TPSA) is 38.7 Å². The first kappa shape index (κ1) is 15.5. The number of aryl methyl sites for hydroxylation is 2. The van der Waals surface area contributed by atoms with Crippen molar-refractivity contribution in [2.45, 2.75) is 20.0 Å². The van der Waals surface area contributed by atoms with E-state index >= 15 is 0 Å². The van der Waals surface area contributed by atoms with Crippen LogP contribution in [0, 0.1) is 13.8 Å². The maximum Gasteiger partial charge on any atom is 0.119 e. The van der Waals surface area contributed by atoms with Crippen LogP contribution >= 0.6 is 0 Å². The van der Waals surface area contributed by atoms with Crippen LogP contribution in [-0.4, -0.2) is 24.9 Å². The fourth-order valence-corrected chi connectivity index (χ4v) is 2.23. The Bertz CT molecular complexity index is 531. The van der Waals surface area contributed by atoms with Crippen LogP contribution in [0.25, 0.3) is 0 Å². The van der Waals surface area contributed by atoms with E-state index in [9.17, 15) is 5.11 Å². The summed E-state index contributed by atoms with van der Waals surface area (Å²) in [5.74, 6) is 0.830. The Kier molecular flexibility index (Phi) is 5.78. The van der Waals surface area contributed by atoms with Crippen molar-refractivity contribution in [3.8, 4) is 5.75 Å². The Balaban J connectivity index is 1.70. The number of aliphatic hydroxyl groups is 1. The van der Waals surface area contributed by atoms with Gasteiger partial charge in [-0.2, -0.15) is 0 Å². The number of para-hydroxylation sites is 1. The third kappa shape index (κ3) is 5.21. The van der Waals surface area contributed by atoms with Gasteiger partial charge in [0.05, 0.1) is 13.2 Å². The molecule has 0 bridgehead atoms. The molecule has 0 amide bonds. The van der Waals surface area contributed by atoms with Gasteiger partial charge in [0.25, 0.3) is 0 Å². The average molecular weight is 286 g/mol. The van der Waals surface area contributed by atoms with Crippen LogP contribution in [0.1, 0.15) is 22.8 Å². The van der Waals surface area contributed by atoms with Gasteiger partial charge in [-0.1, -0.05) is 47.5 Å². The normalized spacial score (nSPS) is 12.1. The van der Waals surface area contributed by atoms with Crippen LogP contribution in [0.4, 0.5) is 0 Å². The lowest BCUT2D eigenvalue weighted by Gasteiger charge is -2.13. The molecule has 0 fully saturated rings. The second-order valence-electron chi connectivity index (χ2n) is 5.17. The van der Waals surface area contributed by atoms with Crippen LogP contribution in [0.5, 0.6) is 5.75 Å². The Morgan fingerprint density at radius 1 is 0.952 bits per heavy atom. The fourth-order valence-electron chi connectivity index (χ4n) is 2.23. The number of ether oxygens (including phenoxy) is 2. The molecule has 2 aromatic carbocycles. The van der Waals surface area contributed by atoms with E-state index in [4.69, 9.17) is 9.47 Å². The van der Waals surface area contributed by atoms with Crippen LogP contribution in [0.3, 0.4) is 0 Å². The maximum absolute atomic E-state index is 10.1. The third-order valence-electron chi connectivity index (χ3n) is 3.14. The summed E-state index contributed by atoms with van der Waals surface area (Å²) in [4.78, 5) is 0. The van der Waals surface area contributed by atoms with Crippen LogP contribution in [0.15, 0.2) is 48.5 Å². The van der Waals surface area contributed by atoms with Gasteiger partial charge in [-0.15, -0.1) is 0 Å². The molecule has 112 valence electrons. The molecule has 21 heavy (non-hydrogen) atoms. The highest BCUT2D eigenvalue weighted by atomic mass is 16.5. The Hall–Kier alpha value is -1.84. The lowest BCUT2D eigenvalue weighted by Crippen LogP contribution is -2.12. The predicted octanol–water partition coefficient (Wildman–Crippen LogP) is 3.43. The molecule has 1 N–H and O–H groups in total.